The van der Waals surface area contributed by atoms with Crippen LogP contribution < -0.4 is 5.32 Å². The van der Waals surface area contributed by atoms with Crippen molar-refractivity contribution in [3.05, 3.63) is 77.6 Å². The van der Waals surface area contributed by atoms with Crippen LogP contribution in [0, 0.1) is 0 Å². The summed E-state index contributed by atoms with van der Waals surface area (Å²) < 4.78 is 7.90. The van der Waals surface area contributed by atoms with E-state index in [0.717, 1.165) is 37.5 Å². The smallest absolute Gasteiger partial charge is 0.114 e. The Morgan fingerprint density at radius 3 is 3.04 bits per heavy atom. The summed E-state index contributed by atoms with van der Waals surface area (Å²) in [5, 5.41) is 8.20. The van der Waals surface area contributed by atoms with Gasteiger partial charge in [-0.15, -0.1) is 0 Å². The molecule has 4 heterocycles. The summed E-state index contributed by atoms with van der Waals surface area (Å²) in [6.07, 6.45) is 8.51. The van der Waals surface area contributed by atoms with E-state index in [1.54, 1.807) is 6.20 Å². The van der Waals surface area contributed by atoms with E-state index >= 15 is 0 Å². The highest BCUT2D eigenvalue weighted by molar-refractivity contribution is 5.23. The molecular weight excluding hydrogens is 314 g/mol. The van der Waals surface area contributed by atoms with Gasteiger partial charge in [-0.2, -0.15) is 5.10 Å². The highest BCUT2D eigenvalue weighted by Crippen LogP contribution is 2.25. The number of hydrogen-bond acceptors (Lipinski definition) is 5. The summed E-state index contributed by atoms with van der Waals surface area (Å²) in [5.41, 5.74) is 4.49. The topological polar surface area (TPSA) is 64.9 Å². The maximum absolute atomic E-state index is 5.94. The van der Waals surface area contributed by atoms with E-state index in [-0.39, 0.29) is 6.10 Å². The lowest BCUT2D eigenvalue weighted by molar-refractivity contribution is 0.0393. The standard InChI is InChI=1S/C19H21N5O/c1-2-8-22-17(5-1)14-24-13-16-6-9-25-18(19(16)23-24)12-21-11-15-4-3-7-20-10-15/h1-5,7-8,10,13,18,21H,6,9,11-12,14H2/t18-/m1/s1. The van der Waals surface area contributed by atoms with Gasteiger partial charge >= 0.3 is 0 Å². The Morgan fingerprint density at radius 2 is 2.20 bits per heavy atom. The van der Waals surface area contributed by atoms with Gasteiger partial charge in [-0.1, -0.05) is 12.1 Å². The van der Waals surface area contributed by atoms with Gasteiger partial charge in [0.1, 0.15) is 6.10 Å². The molecule has 0 amide bonds. The van der Waals surface area contributed by atoms with Crippen LogP contribution in [0.25, 0.3) is 0 Å². The van der Waals surface area contributed by atoms with Crippen molar-refractivity contribution in [1.29, 1.82) is 0 Å². The maximum atomic E-state index is 5.94. The highest BCUT2D eigenvalue weighted by atomic mass is 16.5. The lowest BCUT2D eigenvalue weighted by Gasteiger charge is -2.22. The van der Waals surface area contributed by atoms with Crippen LogP contribution in [0.15, 0.2) is 55.1 Å². The molecule has 0 saturated heterocycles. The summed E-state index contributed by atoms with van der Waals surface area (Å²) >= 11 is 0. The highest BCUT2D eigenvalue weighted by Gasteiger charge is 2.24. The van der Waals surface area contributed by atoms with Crippen molar-refractivity contribution in [2.24, 2.45) is 0 Å². The largest absolute Gasteiger partial charge is 0.370 e. The van der Waals surface area contributed by atoms with Gasteiger partial charge in [0, 0.05) is 37.9 Å². The zero-order valence-electron chi connectivity index (χ0n) is 14.0. The third-order valence-corrected chi connectivity index (χ3v) is 4.30. The van der Waals surface area contributed by atoms with Crippen molar-refractivity contribution in [2.75, 3.05) is 13.2 Å². The molecule has 0 aliphatic carbocycles. The Balaban J connectivity index is 1.41. The molecule has 1 aliphatic heterocycles. The van der Waals surface area contributed by atoms with Crippen molar-refractivity contribution in [2.45, 2.75) is 25.6 Å². The minimum atomic E-state index is -0.00889. The van der Waals surface area contributed by atoms with E-state index < -0.39 is 0 Å². The molecule has 0 aromatic carbocycles. The number of nitrogens with one attached hydrogen (secondary N) is 1. The first-order chi connectivity index (χ1) is 12.4. The molecule has 0 fully saturated rings. The Bertz CT molecular complexity index is 803. The van der Waals surface area contributed by atoms with E-state index in [1.165, 1.54) is 11.1 Å². The zero-order valence-corrected chi connectivity index (χ0v) is 14.0. The first-order valence-corrected chi connectivity index (χ1v) is 8.56. The molecule has 4 rings (SSSR count). The van der Waals surface area contributed by atoms with Crippen LogP contribution in [0.3, 0.4) is 0 Å². The lowest BCUT2D eigenvalue weighted by Crippen LogP contribution is -2.27. The van der Waals surface area contributed by atoms with Gasteiger partial charge in [-0.05, 0) is 35.7 Å². The molecule has 0 unspecified atom stereocenters. The number of hydrogen-bond donors (Lipinski definition) is 1. The fraction of sp³-hybridized carbons (Fsp3) is 0.316. The molecule has 1 atom stereocenters. The normalized spacial score (nSPS) is 16.6. The SMILES string of the molecule is c1ccc(Cn2cc3c(n2)[C@@H](CNCc2cccnc2)OCC3)nc1. The first-order valence-electron chi connectivity index (χ1n) is 8.56. The molecule has 0 radical (unpaired) electrons. The predicted molar refractivity (Wildman–Crippen MR) is 93.9 cm³/mol. The van der Waals surface area contributed by atoms with Crippen molar-refractivity contribution in [1.82, 2.24) is 25.1 Å². The summed E-state index contributed by atoms with van der Waals surface area (Å²) in [5.74, 6) is 0. The molecule has 3 aromatic heterocycles. The fourth-order valence-electron chi connectivity index (χ4n) is 3.08. The first kappa shape index (κ1) is 15.9. The average Bonchev–Trinajstić information content (AvgIpc) is 3.07. The van der Waals surface area contributed by atoms with Gasteiger partial charge in [0.25, 0.3) is 0 Å². The van der Waals surface area contributed by atoms with E-state index in [9.17, 15) is 0 Å². The van der Waals surface area contributed by atoms with Crippen LogP contribution in [0.1, 0.15) is 28.6 Å². The molecule has 3 aromatic rings. The minimum Gasteiger partial charge on any atom is -0.370 e. The molecule has 1 aliphatic rings. The maximum Gasteiger partial charge on any atom is 0.114 e. The minimum absolute atomic E-state index is 0.00889. The Hall–Kier alpha value is -2.57. The van der Waals surface area contributed by atoms with E-state index in [4.69, 9.17) is 9.84 Å². The summed E-state index contributed by atoms with van der Waals surface area (Å²) in [4.78, 5) is 8.51. The predicted octanol–water partition coefficient (Wildman–Crippen LogP) is 2.12. The van der Waals surface area contributed by atoms with Crippen LogP contribution in [-0.4, -0.2) is 32.9 Å². The molecule has 0 bridgehead atoms. The molecule has 1 N–H and O–H groups in total. The molecular formula is C19H21N5O. The summed E-state index contributed by atoms with van der Waals surface area (Å²) in [7, 11) is 0. The number of nitrogens with zero attached hydrogens (tertiary/aromatic N) is 4. The Morgan fingerprint density at radius 1 is 1.20 bits per heavy atom. The van der Waals surface area contributed by atoms with E-state index in [1.807, 2.05) is 41.3 Å². The lowest BCUT2D eigenvalue weighted by atomic mass is 10.1. The number of ether oxygens (including phenoxy) is 1. The molecule has 6 heteroatoms. The van der Waals surface area contributed by atoms with Crippen LogP contribution >= 0.6 is 0 Å². The average molecular weight is 335 g/mol. The van der Waals surface area contributed by atoms with Crippen LogP contribution in [0.4, 0.5) is 0 Å². The number of fused-ring (bicyclic) bond motifs is 1. The second-order valence-corrected chi connectivity index (χ2v) is 6.16. The quantitative estimate of drug-likeness (QED) is 0.747. The number of pyridine rings is 2. The van der Waals surface area contributed by atoms with Gasteiger partial charge in [0.15, 0.2) is 0 Å². The Labute approximate surface area is 146 Å². The molecule has 128 valence electrons. The van der Waals surface area contributed by atoms with Gasteiger partial charge in [-0.3, -0.25) is 14.6 Å². The second kappa shape index (κ2) is 7.55. The number of rotatable bonds is 6. The van der Waals surface area contributed by atoms with Gasteiger partial charge < -0.3 is 10.1 Å². The third-order valence-electron chi connectivity index (χ3n) is 4.30. The second-order valence-electron chi connectivity index (χ2n) is 6.16. The van der Waals surface area contributed by atoms with Gasteiger partial charge in [-0.25, -0.2) is 0 Å². The third kappa shape index (κ3) is 3.92. The van der Waals surface area contributed by atoms with Gasteiger partial charge in [0.2, 0.25) is 0 Å². The molecule has 25 heavy (non-hydrogen) atoms. The zero-order chi connectivity index (χ0) is 16.9. The fourth-order valence-corrected chi connectivity index (χ4v) is 3.08. The summed E-state index contributed by atoms with van der Waals surface area (Å²) in [6.45, 7) is 2.94. The van der Waals surface area contributed by atoms with E-state index in [0.29, 0.717) is 6.54 Å². The monoisotopic (exact) mass is 335 g/mol. The molecule has 6 nitrogen and oxygen atoms in total. The molecule has 0 spiro atoms. The number of aromatic nitrogens is 4. The van der Waals surface area contributed by atoms with Crippen LogP contribution in [0.2, 0.25) is 0 Å². The van der Waals surface area contributed by atoms with Crippen molar-refractivity contribution >= 4 is 0 Å². The summed E-state index contributed by atoms with van der Waals surface area (Å²) in [6, 6.07) is 9.96. The Kier molecular flexibility index (Phi) is 4.81. The van der Waals surface area contributed by atoms with Crippen molar-refractivity contribution < 1.29 is 4.74 Å². The van der Waals surface area contributed by atoms with Crippen LogP contribution in [0.5, 0.6) is 0 Å². The van der Waals surface area contributed by atoms with Gasteiger partial charge in [0.05, 0.1) is 24.5 Å². The van der Waals surface area contributed by atoms with E-state index in [2.05, 4.69) is 27.5 Å². The van der Waals surface area contributed by atoms with Crippen molar-refractivity contribution in [3.8, 4) is 0 Å². The molecule has 0 saturated carbocycles. The van der Waals surface area contributed by atoms with Crippen LogP contribution in [-0.2, 0) is 24.2 Å². The van der Waals surface area contributed by atoms with Crippen molar-refractivity contribution in [3.63, 3.8) is 0 Å².